The Morgan fingerprint density at radius 1 is 1.12 bits per heavy atom. The summed E-state index contributed by atoms with van der Waals surface area (Å²) in [5.74, 6) is 0.517. The van der Waals surface area contributed by atoms with E-state index in [9.17, 15) is 4.79 Å². The molecule has 0 aliphatic rings. The van der Waals surface area contributed by atoms with Crippen molar-refractivity contribution >= 4 is 17.0 Å². The van der Waals surface area contributed by atoms with Gasteiger partial charge >= 0.3 is 5.69 Å². The van der Waals surface area contributed by atoms with Crippen LogP contribution in [-0.4, -0.2) is 19.2 Å². The standard InChI is InChI=1S/C19H18N4OS/c1-13(2)14-6-8-15(9-7-14)18-20-16(12-25-18)11-23-19(24)22-10-4-3-5-17(22)21-23/h3-10,12-13H,11H2,1-2H3. The number of rotatable bonds is 4. The molecule has 3 aromatic heterocycles. The van der Waals surface area contributed by atoms with Crippen LogP contribution in [0.1, 0.15) is 31.0 Å². The van der Waals surface area contributed by atoms with Crippen LogP contribution in [0.5, 0.6) is 0 Å². The maximum Gasteiger partial charge on any atom is 0.350 e. The molecular formula is C19H18N4OS. The van der Waals surface area contributed by atoms with Gasteiger partial charge in [0.1, 0.15) is 5.01 Å². The van der Waals surface area contributed by atoms with Crippen LogP contribution >= 0.6 is 11.3 Å². The number of benzene rings is 1. The molecule has 0 saturated carbocycles. The van der Waals surface area contributed by atoms with Crippen molar-refractivity contribution in [2.24, 2.45) is 0 Å². The first-order valence-corrected chi connectivity index (χ1v) is 9.09. The maximum atomic E-state index is 12.3. The molecule has 5 nitrogen and oxygen atoms in total. The van der Waals surface area contributed by atoms with Crippen molar-refractivity contribution in [2.75, 3.05) is 0 Å². The third kappa shape index (κ3) is 3.00. The van der Waals surface area contributed by atoms with Crippen molar-refractivity contribution in [3.8, 4) is 10.6 Å². The SMILES string of the molecule is CC(C)c1ccc(-c2nc(Cn3nc4ccccn4c3=O)cs2)cc1. The molecule has 0 radical (unpaired) electrons. The van der Waals surface area contributed by atoms with Crippen molar-refractivity contribution < 1.29 is 0 Å². The Morgan fingerprint density at radius 2 is 1.92 bits per heavy atom. The molecule has 126 valence electrons. The van der Waals surface area contributed by atoms with Gasteiger partial charge in [0.05, 0.1) is 12.2 Å². The predicted molar refractivity (Wildman–Crippen MR) is 100 cm³/mol. The average Bonchev–Trinajstić information content (AvgIpc) is 3.21. The highest BCUT2D eigenvalue weighted by Crippen LogP contribution is 2.25. The second-order valence-corrected chi connectivity index (χ2v) is 7.15. The molecule has 1 aromatic carbocycles. The molecule has 0 fully saturated rings. The van der Waals surface area contributed by atoms with Crippen LogP contribution in [0.15, 0.2) is 58.8 Å². The minimum absolute atomic E-state index is 0.147. The fourth-order valence-corrected chi connectivity index (χ4v) is 3.56. The summed E-state index contributed by atoms with van der Waals surface area (Å²) in [5.41, 5.74) is 3.76. The molecule has 0 bridgehead atoms. The van der Waals surface area contributed by atoms with Crippen LogP contribution in [0.4, 0.5) is 0 Å². The quantitative estimate of drug-likeness (QED) is 0.563. The Hall–Kier alpha value is -2.73. The third-order valence-electron chi connectivity index (χ3n) is 4.18. The van der Waals surface area contributed by atoms with Gasteiger partial charge in [-0.05, 0) is 23.6 Å². The van der Waals surface area contributed by atoms with E-state index in [0.29, 0.717) is 18.1 Å². The molecule has 0 spiro atoms. The molecule has 0 unspecified atom stereocenters. The number of fused-ring (bicyclic) bond motifs is 1. The number of aromatic nitrogens is 4. The summed E-state index contributed by atoms with van der Waals surface area (Å²) < 4.78 is 2.99. The molecular weight excluding hydrogens is 332 g/mol. The van der Waals surface area contributed by atoms with E-state index in [-0.39, 0.29) is 5.69 Å². The van der Waals surface area contributed by atoms with E-state index < -0.39 is 0 Å². The Labute approximate surface area is 149 Å². The number of pyridine rings is 1. The highest BCUT2D eigenvalue weighted by atomic mass is 32.1. The van der Waals surface area contributed by atoms with Crippen LogP contribution in [-0.2, 0) is 6.54 Å². The average molecular weight is 350 g/mol. The molecule has 3 heterocycles. The lowest BCUT2D eigenvalue weighted by Crippen LogP contribution is -2.21. The van der Waals surface area contributed by atoms with Crippen molar-refractivity contribution in [3.05, 3.63) is 75.8 Å². The lowest BCUT2D eigenvalue weighted by atomic mass is 10.0. The summed E-state index contributed by atoms with van der Waals surface area (Å²) in [6, 6.07) is 14.0. The van der Waals surface area contributed by atoms with Gasteiger partial charge < -0.3 is 0 Å². The van der Waals surface area contributed by atoms with Crippen molar-refractivity contribution in [2.45, 2.75) is 26.3 Å². The van der Waals surface area contributed by atoms with Crippen molar-refractivity contribution in [1.82, 2.24) is 19.2 Å². The molecule has 0 aliphatic carbocycles. The largest absolute Gasteiger partial charge is 0.350 e. The summed E-state index contributed by atoms with van der Waals surface area (Å²) >= 11 is 1.59. The Balaban J connectivity index is 1.60. The van der Waals surface area contributed by atoms with Crippen LogP contribution in [0, 0.1) is 0 Å². The number of nitrogens with zero attached hydrogens (tertiary/aromatic N) is 4. The Bertz CT molecular complexity index is 1070. The fourth-order valence-electron chi connectivity index (χ4n) is 2.75. The van der Waals surface area contributed by atoms with E-state index in [1.807, 2.05) is 23.6 Å². The summed E-state index contributed by atoms with van der Waals surface area (Å²) in [4.78, 5) is 17.0. The molecule has 6 heteroatoms. The lowest BCUT2D eigenvalue weighted by Gasteiger charge is -2.05. The second kappa shape index (κ2) is 6.29. The van der Waals surface area contributed by atoms with Crippen LogP contribution < -0.4 is 5.69 Å². The molecule has 4 aromatic rings. The number of hydrogen-bond acceptors (Lipinski definition) is 4. The third-order valence-corrected chi connectivity index (χ3v) is 5.12. The van der Waals surface area contributed by atoms with Gasteiger partial charge in [-0.2, -0.15) is 0 Å². The first kappa shape index (κ1) is 15.8. The zero-order valence-corrected chi connectivity index (χ0v) is 14.9. The molecule has 0 saturated heterocycles. The predicted octanol–water partition coefficient (Wildman–Crippen LogP) is 3.79. The number of hydrogen-bond donors (Lipinski definition) is 0. The fraction of sp³-hybridized carbons (Fsp3) is 0.211. The highest BCUT2D eigenvalue weighted by Gasteiger charge is 2.10. The highest BCUT2D eigenvalue weighted by molar-refractivity contribution is 7.13. The lowest BCUT2D eigenvalue weighted by molar-refractivity contribution is 0.649. The summed E-state index contributed by atoms with van der Waals surface area (Å²) in [6.45, 7) is 4.74. The first-order valence-electron chi connectivity index (χ1n) is 8.21. The minimum Gasteiger partial charge on any atom is -0.250 e. The summed E-state index contributed by atoms with van der Waals surface area (Å²) in [6.07, 6.45) is 1.73. The van der Waals surface area contributed by atoms with Gasteiger partial charge in [-0.25, -0.2) is 14.5 Å². The first-order chi connectivity index (χ1) is 12.1. The molecule has 0 amide bonds. The van der Waals surface area contributed by atoms with Crippen molar-refractivity contribution in [1.29, 1.82) is 0 Å². The van der Waals surface area contributed by atoms with Crippen LogP contribution in [0.2, 0.25) is 0 Å². The van der Waals surface area contributed by atoms with E-state index >= 15 is 0 Å². The topological polar surface area (TPSA) is 52.2 Å². The van der Waals surface area contributed by atoms with Gasteiger partial charge in [-0.15, -0.1) is 16.4 Å². The monoisotopic (exact) mass is 350 g/mol. The Morgan fingerprint density at radius 3 is 2.64 bits per heavy atom. The zero-order chi connectivity index (χ0) is 17.4. The van der Waals surface area contributed by atoms with E-state index in [1.165, 1.54) is 14.6 Å². The van der Waals surface area contributed by atoms with Crippen LogP contribution in [0.25, 0.3) is 16.2 Å². The van der Waals surface area contributed by atoms with Crippen molar-refractivity contribution in [3.63, 3.8) is 0 Å². The summed E-state index contributed by atoms with van der Waals surface area (Å²) in [7, 11) is 0. The van der Waals surface area contributed by atoms with Gasteiger partial charge in [0, 0.05) is 17.1 Å². The number of thiazole rings is 1. The smallest absolute Gasteiger partial charge is 0.250 e. The zero-order valence-electron chi connectivity index (χ0n) is 14.1. The molecule has 0 aliphatic heterocycles. The van der Waals surface area contributed by atoms with Gasteiger partial charge in [0.15, 0.2) is 5.65 Å². The van der Waals surface area contributed by atoms with Gasteiger partial charge in [0.2, 0.25) is 0 Å². The molecule has 0 N–H and O–H groups in total. The van der Waals surface area contributed by atoms with E-state index in [4.69, 9.17) is 0 Å². The molecule has 4 rings (SSSR count). The van der Waals surface area contributed by atoms with Crippen LogP contribution in [0.3, 0.4) is 0 Å². The normalized spacial score (nSPS) is 11.5. The summed E-state index contributed by atoms with van der Waals surface area (Å²) in [5, 5.41) is 7.30. The van der Waals surface area contributed by atoms with E-state index in [2.05, 4.69) is 48.2 Å². The Kier molecular flexibility index (Phi) is 3.97. The second-order valence-electron chi connectivity index (χ2n) is 6.29. The minimum atomic E-state index is -0.147. The van der Waals surface area contributed by atoms with Gasteiger partial charge in [0.25, 0.3) is 0 Å². The van der Waals surface area contributed by atoms with E-state index in [0.717, 1.165) is 16.3 Å². The van der Waals surface area contributed by atoms with E-state index in [1.54, 1.807) is 17.5 Å². The maximum absolute atomic E-state index is 12.3. The molecule has 25 heavy (non-hydrogen) atoms. The van der Waals surface area contributed by atoms with Gasteiger partial charge in [-0.1, -0.05) is 44.2 Å². The molecule has 0 atom stereocenters. The van der Waals surface area contributed by atoms with Gasteiger partial charge in [-0.3, -0.25) is 4.40 Å².